The summed E-state index contributed by atoms with van der Waals surface area (Å²) in [6.07, 6.45) is 4.39. The predicted molar refractivity (Wildman–Crippen MR) is 105 cm³/mol. The van der Waals surface area contributed by atoms with Crippen LogP contribution in [0.25, 0.3) is 10.9 Å². The van der Waals surface area contributed by atoms with Crippen LogP contribution in [-0.4, -0.2) is 36.0 Å². The van der Waals surface area contributed by atoms with Crippen molar-refractivity contribution in [3.63, 3.8) is 0 Å². The minimum atomic E-state index is -0.662. The highest BCUT2D eigenvalue weighted by molar-refractivity contribution is 6.06. The molecule has 0 aliphatic heterocycles. The lowest BCUT2D eigenvalue weighted by atomic mass is 9.89. The van der Waals surface area contributed by atoms with Crippen LogP contribution in [0.15, 0.2) is 18.2 Å². The lowest BCUT2D eigenvalue weighted by Crippen LogP contribution is -2.41. The van der Waals surface area contributed by atoms with Crippen molar-refractivity contribution in [2.24, 2.45) is 0 Å². The highest BCUT2D eigenvalue weighted by Gasteiger charge is 2.24. The van der Waals surface area contributed by atoms with Gasteiger partial charge in [-0.3, -0.25) is 15.1 Å². The SMILES string of the molecule is CCCNC(=O)NC(=O)COC(=O)c1c2c(nc3ccc(C)cc13)CCCC2. The molecule has 2 N–H and O–H groups in total. The Morgan fingerprint density at radius 3 is 2.75 bits per heavy atom. The van der Waals surface area contributed by atoms with Crippen molar-refractivity contribution in [3.05, 3.63) is 40.6 Å². The number of ether oxygens (including phenoxy) is 1. The second-order valence-electron chi connectivity index (χ2n) is 7.02. The summed E-state index contributed by atoms with van der Waals surface area (Å²) in [5.74, 6) is -1.22. The van der Waals surface area contributed by atoms with Gasteiger partial charge in [0.15, 0.2) is 6.61 Å². The summed E-state index contributed by atoms with van der Waals surface area (Å²) in [6, 6.07) is 5.19. The Morgan fingerprint density at radius 2 is 1.96 bits per heavy atom. The van der Waals surface area contributed by atoms with Crippen molar-refractivity contribution in [1.82, 2.24) is 15.6 Å². The molecular formula is C21H25N3O4. The predicted octanol–water partition coefficient (Wildman–Crippen LogP) is 2.81. The van der Waals surface area contributed by atoms with Crippen LogP contribution in [0.3, 0.4) is 0 Å². The molecule has 1 aromatic heterocycles. The summed E-state index contributed by atoms with van der Waals surface area (Å²) < 4.78 is 5.25. The smallest absolute Gasteiger partial charge is 0.339 e. The van der Waals surface area contributed by atoms with Gasteiger partial charge in [-0.2, -0.15) is 0 Å². The highest BCUT2D eigenvalue weighted by Crippen LogP contribution is 2.30. The van der Waals surface area contributed by atoms with Crippen LogP contribution < -0.4 is 10.6 Å². The molecule has 0 bridgehead atoms. The zero-order valence-electron chi connectivity index (χ0n) is 16.3. The van der Waals surface area contributed by atoms with E-state index in [0.717, 1.165) is 59.8 Å². The first kappa shape index (κ1) is 19.8. The number of amides is 3. The van der Waals surface area contributed by atoms with Gasteiger partial charge in [0.25, 0.3) is 5.91 Å². The second-order valence-corrected chi connectivity index (χ2v) is 7.02. The third-order valence-corrected chi connectivity index (χ3v) is 4.74. The average molecular weight is 383 g/mol. The number of pyridine rings is 1. The van der Waals surface area contributed by atoms with Crippen molar-refractivity contribution in [3.8, 4) is 0 Å². The molecule has 1 aliphatic carbocycles. The maximum atomic E-state index is 12.9. The molecule has 0 fully saturated rings. The number of aromatic nitrogens is 1. The number of hydrogen-bond donors (Lipinski definition) is 2. The lowest BCUT2D eigenvalue weighted by Gasteiger charge is -2.20. The Hall–Kier alpha value is -2.96. The van der Waals surface area contributed by atoms with Gasteiger partial charge in [0.1, 0.15) is 0 Å². The number of fused-ring (bicyclic) bond motifs is 2. The van der Waals surface area contributed by atoms with Crippen molar-refractivity contribution < 1.29 is 19.1 Å². The van der Waals surface area contributed by atoms with Crippen LogP contribution in [0.1, 0.15) is 53.4 Å². The monoisotopic (exact) mass is 383 g/mol. The van der Waals surface area contributed by atoms with Gasteiger partial charge >= 0.3 is 12.0 Å². The number of imide groups is 1. The molecular weight excluding hydrogens is 358 g/mol. The summed E-state index contributed by atoms with van der Waals surface area (Å²) in [5.41, 5.74) is 4.10. The quantitative estimate of drug-likeness (QED) is 0.774. The van der Waals surface area contributed by atoms with E-state index in [4.69, 9.17) is 9.72 Å². The molecule has 0 radical (unpaired) electrons. The number of carbonyl (C=O) groups excluding carboxylic acids is 3. The number of urea groups is 1. The zero-order chi connectivity index (χ0) is 20.1. The van der Waals surface area contributed by atoms with Crippen molar-refractivity contribution in [2.75, 3.05) is 13.2 Å². The third kappa shape index (κ3) is 4.47. The van der Waals surface area contributed by atoms with Gasteiger partial charge in [-0.15, -0.1) is 0 Å². The molecule has 0 spiro atoms. The third-order valence-electron chi connectivity index (χ3n) is 4.74. The minimum Gasteiger partial charge on any atom is -0.452 e. The van der Waals surface area contributed by atoms with E-state index in [1.807, 2.05) is 32.0 Å². The van der Waals surface area contributed by atoms with Crippen LogP contribution in [0.2, 0.25) is 0 Å². The molecule has 148 valence electrons. The molecule has 7 nitrogen and oxygen atoms in total. The number of carbonyl (C=O) groups is 3. The van der Waals surface area contributed by atoms with E-state index < -0.39 is 24.5 Å². The van der Waals surface area contributed by atoms with E-state index >= 15 is 0 Å². The van der Waals surface area contributed by atoms with Gasteiger partial charge in [-0.1, -0.05) is 18.6 Å². The van der Waals surface area contributed by atoms with E-state index in [1.54, 1.807) is 0 Å². The van der Waals surface area contributed by atoms with Gasteiger partial charge in [0.2, 0.25) is 0 Å². The Morgan fingerprint density at radius 1 is 1.18 bits per heavy atom. The number of rotatable bonds is 5. The summed E-state index contributed by atoms with van der Waals surface area (Å²) in [7, 11) is 0. The Labute approximate surface area is 163 Å². The first-order valence-electron chi connectivity index (χ1n) is 9.66. The fourth-order valence-electron chi connectivity index (χ4n) is 3.42. The van der Waals surface area contributed by atoms with E-state index in [9.17, 15) is 14.4 Å². The van der Waals surface area contributed by atoms with E-state index in [-0.39, 0.29) is 0 Å². The number of nitrogens with zero attached hydrogens (tertiary/aromatic N) is 1. The topological polar surface area (TPSA) is 97.4 Å². The van der Waals surface area contributed by atoms with Crippen LogP contribution in [0.4, 0.5) is 4.79 Å². The molecule has 2 aromatic rings. The summed E-state index contributed by atoms with van der Waals surface area (Å²) in [5, 5.41) is 5.43. The molecule has 0 saturated heterocycles. The van der Waals surface area contributed by atoms with E-state index in [1.165, 1.54) is 0 Å². The van der Waals surface area contributed by atoms with Crippen LogP contribution in [-0.2, 0) is 22.4 Å². The normalized spacial score (nSPS) is 12.9. The second kappa shape index (κ2) is 8.82. The van der Waals surface area contributed by atoms with Crippen LogP contribution in [0.5, 0.6) is 0 Å². The molecule has 3 amide bonds. The van der Waals surface area contributed by atoms with Crippen molar-refractivity contribution >= 4 is 28.8 Å². The zero-order valence-corrected chi connectivity index (χ0v) is 16.3. The fraction of sp³-hybridized carbons (Fsp3) is 0.429. The Bertz CT molecular complexity index is 923. The highest BCUT2D eigenvalue weighted by atomic mass is 16.5. The Balaban J connectivity index is 1.80. The number of aryl methyl sites for hydroxylation is 2. The minimum absolute atomic E-state index is 0.466. The van der Waals surface area contributed by atoms with Gasteiger partial charge in [0, 0.05) is 17.6 Å². The summed E-state index contributed by atoms with van der Waals surface area (Å²) >= 11 is 0. The Kier molecular flexibility index (Phi) is 6.23. The number of hydrogen-bond acceptors (Lipinski definition) is 5. The summed E-state index contributed by atoms with van der Waals surface area (Å²) in [6.45, 7) is 3.82. The van der Waals surface area contributed by atoms with Gasteiger partial charge in [0.05, 0.1) is 11.1 Å². The molecule has 0 unspecified atom stereocenters. The lowest BCUT2D eigenvalue weighted by molar-refractivity contribution is -0.123. The molecule has 3 rings (SSSR count). The van der Waals surface area contributed by atoms with E-state index in [0.29, 0.717) is 12.1 Å². The van der Waals surface area contributed by atoms with Crippen molar-refractivity contribution in [2.45, 2.75) is 46.0 Å². The number of nitrogens with one attached hydrogen (secondary N) is 2. The largest absolute Gasteiger partial charge is 0.452 e. The van der Waals surface area contributed by atoms with Crippen molar-refractivity contribution in [1.29, 1.82) is 0 Å². The molecule has 1 aliphatic rings. The average Bonchev–Trinajstić information content (AvgIpc) is 2.68. The van der Waals surface area contributed by atoms with Gasteiger partial charge in [-0.25, -0.2) is 9.59 Å². The number of benzene rings is 1. The molecule has 1 heterocycles. The number of esters is 1. The maximum Gasteiger partial charge on any atom is 0.339 e. The molecule has 0 saturated carbocycles. The van der Waals surface area contributed by atoms with Crippen LogP contribution >= 0.6 is 0 Å². The molecule has 0 atom stereocenters. The van der Waals surface area contributed by atoms with Gasteiger partial charge < -0.3 is 10.1 Å². The summed E-state index contributed by atoms with van der Waals surface area (Å²) in [4.78, 5) is 41.0. The first-order valence-corrected chi connectivity index (χ1v) is 9.66. The maximum absolute atomic E-state index is 12.9. The van der Waals surface area contributed by atoms with Crippen LogP contribution in [0, 0.1) is 6.92 Å². The fourth-order valence-corrected chi connectivity index (χ4v) is 3.42. The molecule has 1 aromatic carbocycles. The van der Waals surface area contributed by atoms with Gasteiger partial charge in [-0.05, 0) is 56.7 Å². The molecule has 28 heavy (non-hydrogen) atoms. The van der Waals surface area contributed by atoms with E-state index in [2.05, 4.69) is 10.6 Å². The first-order chi connectivity index (χ1) is 13.5. The molecule has 7 heteroatoms. The standard InChI is InChI=1S/C21H25N3O4/c1-3-10-22-21(27)24-18(25)12-28-20(26)19-14-6-4-5-7-16(14)23-17-9-8-13(2)11-15(17)19/h8-9,11H,3-7,10,12H2,1-2H3,(H2,22,24,25,27).